The van der Waals surface area contributed by atoms with Gasteiger partial charge in [-0.05, 0) is 19.4 Å². The summed E-state index contributed by atoms with van der Waals surface area (Å²) in [5.41, 5.74) is 1.30. The molecule has 0 bridgehead atoms. The molecule has 74 valence electrons. The van der Waals surface area contributed by atoms with Gasteiger partial charge in [-0.15, -0.1) is 0 Å². The first-order valence-corrected chi connectivity index (χ1v) is 7.01. The van der Waals surface area contributed by atoms with E-state index in [1.54, 1.807) is 19.4 Å². The number of hydrogen-bond acceptors (Lipinski definition) is 3. The molecule has 0 aliphatic rings. The molecule has 0 saturated heterocycles. The monoisotopic (exact) mass is 229 g/mol. The number of halogens is 1. The van der Waals surface area contributed by atoms with Gasteiger partial charge < -0.3 is 9.55 Å². The van der Waals surface area contributed by atoms with Crippen molar-refractivity contribution in [1.82, 2.24) is 15.0 Å². The molecule has 0 aromatic carbocycles. The molecule has 2 rings (SSSR count). The van der Waals surface area contributed by atoms with Gasteiger partial charge in [-0.3, -0.25) is 0 Å². The van der Waals surface area contributed by atoms with Gasteiger partial charge in [0.2, 0.25) is 0 Å². The molecular weight excluding hydrogens is 221 g/mol. The molecule has 0 aliphatic heterocycles. The summed E-state index contributed by atoms with van der Waals surface area (Å²) >= 11 is 5.86. The molecule has 2 heterocycles. The van der Waals surface area contributed by atoms with Crippen LogP contribution in [0.15, 0.2) is 12.4 Å². The van der Waals surface area contributed by atoms with Gasteiger partial charge in [-0.2, -0.15) is 0 Å². The van der Waals surface area contributed by atoms with Crippen molar-refractivity contribution in [1.29, 1.82) is 0 Å². The molecule has 14 heavy (non-hydrogen) atoms. The minimum atomic E-state index is -2.29. The minimum Gasteiger partial charge on any atom is -0.337 e. The van der Waals surface area contributed by atoms with E-state index in [0.717, 1.165) is 0 Å². The molecule has 0 saturated carbocycles. The van der Waals surface area contributed by atoms with E-state index in [-0.39, 0.29) is 0 Å². The molecule has 4 nitrogen and oxygen atoms in total. The Morgan fingerprint density at radius 1 is 1.43 bits per heavy atom. The van der Waals surface area contributed by atoms with Crippen LogP contribution in [0.4, 0.5) is 0 Å². The lowest BCUT2D eigenvalue weighted by molar-refractivity contribution is 0.588. The molecule has 0 aliphatic carbocycles. The summed E-state index contributed by atoms with van der Waals surface area (Å²) in [4.78, 5) is 10.8. The fourth-order valence-corrected chi connectivity index (χ4v) is 2.19. The van der Waals surface area contributed by atoms with Gasteiger partial charge >= 0.3 is 0 Å². The first-order valence-electron chi connectivity index (χ1n) is 4.03. The third-order valence-electron chi connectivity index (χ3n) is 1.94. The maximum absolute atomic E-state index is 11.8. The van der Waals surface area contributed by atoms with Crippen LogP contribution in [0, 0.1) is 0 Å². The first kappa shape index (κ1) is 9.69. The number of fused-ring (bicyclic) bond motifs is 1. The lowest BCUT2D eigenvalue weighted by Crippen LogP contribution is -2.02. The van der Waals surface area contributed by atoms with Crippen LogP contribution in [0.1, 0.15) is 0 Å². The molecule has 2 aromatic heterocycles. The quantitative estimate of drug-likeness (QED) is 0.600. The van der Waals surface area contributed by atoms with Crippen molar-refractivity contribution >= 4 is 35.2 Å². The van der Waals surface area contributed by atoms with Crippen LogP contribution >= 0.6 is 18.7 Å². The molecular formula is C8H9ClN3OP. The Bertz CT molecular complexity index is 530. The average molecular weight is 230 g/mol. The number of nitrogens with one attached hydrogen (secondary N) is 1. The van der Waals surface area contributed by atoms with Crippen molar-refractivity contribution in [2.45, 2.75) is 0 Å². The lowest BCUT2D eigenvalue weighted by Gasteiger charge is -2.00. The van der Waals surface area contributed by atoms with Gasteiger partial charge in [-0.25, -0.2) is 9.97 Å². The minimum absolute atomic E-state index is 0.381. The SMILES string of the molecule is CP(C)(=O)c1cc2c(Cl)ncnc2[nH]1. The summed E-state index contributed by atoms with van der Waals surface area (Å²) in [6.45, 7) is 3.39. The standard InChI is InChI=1S/C8H9ClN3OP/c1-14(2,13)6-3-5-7(9)10-4-11-8(5)12-6/h3-4H,1-2H3,(H,10,11,12). The Morgan fingerprint density at radius 2 is 2.14 bits per heavy atom. The van der Waals surface area contributed by atoms with Crippen LogP contribution in [0.3, 0.4) is 0 Å². The van der Waals surface area contributed by atoms with Crippen LogP contribution in [0.5, 0.6) is 0 Å². The highest BCUT2D eigenvalue weighted by molar-refractivity contribution is 7.69. The molecule has 0 unspecified atom stereocenters. The van der Waals surface area contributed by atoms with Crippen molar-refractivity contribution in [3.05, 3.63) is 17.5 Å². The Balaban J connectivity index is 2.75. The molecule has 0 atom stereocenters. The number of aromatic amines is 1. The van der Waals surface area contributed by atoms with Crippen molar-refractivity contribution < 1.29 is 4.57 Å². The van der Waals surface area contributed by atoms with E-state index in [0.29, 0.717) is 21.6 Å². The molecule has 0 fully saturated rings. The van der Waals surface area contributed by atoms with E-state index in [2.05, 4.69) is 15.0 Å². The maximum Gasteiger partial charge on any atom is 0.142 e. The lowest BCUT2D eigenvalue weighted by atomic mass is 10.4. The van der Waals surface area contributed by atoms with Crippen molar-refractivity contribution in [3.8, 4) is 0 Å². The number of aromatic nitrogens is 3. The van der Waals surface area contributed by atoms with E-state index < -0.39 is 7.14 Å². The summed E-state index contributed by atoms with van der Waals surface area (Å²) in [6, 6.07) is 1.75. The van der Waals surface area contributed by atoms with E-state index in [1.807, 2.05) is 0 Å². The Morgan fingerprint density at radius 3 is 2.71 bits per heavy atom. The number of rotatable bonds is 1. The normalized spacial score (nSPS) is 12.2. The second-order valence-corrected chi connectivity index (χ2v) is 6.97. The predicted molar refractivity (Wildman–Crippen MR) is 58.0 cm³/mol. The second-order valence-electron chi connectivity index (χ2n) is 3.43. The summed E-state index contributed by atoms with van der Waals surface area (Å²) in [7, 11) is -2.29. The Labute approximate surface area is 86.1 Å². The Kier molecular flexibility index (Phi) is 2.13. The number of H-pyrrole nitrogens is 1. The van der Waals surface area contributed by atoms with Gasteiger partial charge in [0.1, 0.15) is 24.3 Å². The smallest absolute Gasteiger partial charge is 0.142 e. The summed E-state index contributed by atoms with van der Waals surface area (Å²) in [5, 5.41) is 1.10. The highest BCUT2D eigenvalue weighted by atomic mass is 35.5. The topological polar surface area (TPSA) is 58.6 Å². The molecule has 0 spiro atoms. The predicted octanol–water partition coefficient (Wildman–Crippen LogP) is 1.86. The second kappa shape index (κ2) is 3.07. The Hall–Kier alpha value is -0.860. The van der Waals surface area contributed by atoms with Crippen LogP contribution in [0.25, 0.3) is 11.0 Å². The fourth-order valence-electron chi connectivity index (χ4n) is 1.19. The van der Waals surface area contributed by atoms with E-state index in [9.17, 15) is 4.57 Å². The zero-order valence-corrected chi connectivity index (χ0v) is 9.43. The maximum atomic E-state index is 11.8. The van der Waals surface area contributed by atoms with Crippen molar-refractivity contribution in [2.24, 2.45) is 0 Å². The van der Waals surface area contributed by atoms with E-state index in [4.69, 9.17) is 11.6 Å². The fraction of sp³-hybridized carbons (Fsp3) is 0.250. The number of nitrogens with zero attached hydrogens (tertiary/aromatic N) is 2. The highest BCUT2D eigenvalue weighted by Gasteiger charge is 2.15. The van der Waals surface area contributed by atoms with Gasteiger partial charge in [0, 0.05) is 0 Å². The van der Waals surface area contributed by atoms with Crippen LogP contribution in [-0.2, 0) is 4.57 Å². The summed E-state index contributed by atoms with van der Waals surface area (Å²) < 4.78 is 11.8. The summed E-state index contributed by atoms with van der Waals surface area (Å²) in [6.07, 6.45) is 1.38. The van der Waals surface area contributed by atoms with Crippen LogP contribution in [0.2, 0.25) is 5.15 Å². The van der Waals surface area contributed by atoms with Crippen molar-refractivity contribution in [3.63, 3.8) is 0 Å². The van der Waals surface area contributed by atoms with Gasteiger partial charge in [0.15, 0.2) is 0 Å². The molecule has 6 heteroatoms. The summed E-state index contributed by atoms with van der Waals surface area (Å²) in [5.74, 6) is 0. The number of hydrogen-bond donors (Lipinski definition) is 1. The molecule has 1 N–H and O–H groups in total. The van der Waals surface area contributed by atoms with Gasteiger partial charge in [0.25, 0.3) is 0 Å². The van der Waals surface area contributed by atoms with Crippen molar-refractivity contribution in [2.75, 3.05) is 13.3 Å². The van der Waals surface area contributed by atoms with Crippen LogP contribution in [-0.4, -0.2) is 28.3 Å². The third kappa shape index (κ3) is 1.56. The molecule has 0 amide bonds. The molecule has 0 radical (unpaired) electrons. The zero-order valence-electron chi connectivity index (χ0n) is 7.78. The average Bonchev–Trinajstić information content (AvgIpc) is 2.48. The highest BCUT2D eigenvalue weighted by Crippen LogP contribution is 2.35. The third-order valence-corrected chi connectivity index (χ3v) is 3.65. The van der Waals surface area contributed by atoms with E-state index in [1.165, 1.54) is 6.33 Å². The van der Waals surface area contributed by atoms with Crippen LogP contribution < -0.4 is 5.44 Å². The molecule has 2 aromatic rings. The zero-order chi connectivity index (χ0) is 10.3. The first-order chi connectivity index (χ1) is 6.48. The largest absolute Gasteiger partial charge is 0.337 e. The van der Waals surface area contributed by atoms with Gasteiger partial charge in [-0.1, -0.05) is 11.6 Å². The van der Waals surface area contributed by atoms with Gasteiger partial charge in [0.05, 0.1) is 10.8 Å². The van der Waals surface area contributed by atoms with E-state index >= 15 is 0 Å².